The minimum absolute atomic E-state index is 0.653. The fourth-order valence-electron chi connectivity index (χ4n) is 1.91. The van der Waals surface area contributed by atoms with Gasteiger partial charge in [-0.25, -0.2) is 0 Å². The molecule has 0 spiro atoms. The van der Waals surface area contributed by atoms with Crippen LogP contribution >= 0.6 is 0 Å². The Hall–Kier alpha value is -0.980. The van der Waals surface area contributed by atoms with Crippen molar-refractivity contribution in [3.63, 3.8) is 0 Å². The van der Waals surface area contributed by atoms with Gasteiger partial charge in [0, 0.05) is 12.2 Å². The van der Waals surface area contributed by atoms with E-state index in [4.69, 9.17) is 0 Å². The molecule has 64 valence electrons. The van der Waals surface area contributed by atoms with Crippen LogP contribution in [-0.4, -0.2) is 6.54 Å². The van der Waals surface area contributed by atoms with Crippen LogP contribution in [0, 0.1) is 0 Å². The fraction of sp³-hybridized carbons (Fsp3) is 0.455. The molecule has 1 aliphatic rings. The Labute approximate surface area is 73.8 Å². The minimum Gasteiger partial charge on any atom is -0.384 e. The van der Waals surface area contributed by atoms with E-state index in [1.54, 1.807) is 0 Å². The molecule has 1 heterocycles. The largest absolute Gasteiger partial charge is 0.384 e. The molecule has 0 aliphatic carbocycles. The lowest BCUT2D eigenvalue weighted by molar-refractivity contribution is 0.849. The Morgan fingerprint density at radius 3 is 2.92 bits per heavy atom. The average Bonchev–Trinajstić information content (AvgIpc) is 2.49. The molecular weight excluding hydrogens is 146 g/mol. The molecule has 0 aromatic heterocycles. The van der Waals surface area contributed by atoms with Crippen molar-refractivity contribution in [3.8, 4) is 0 Å². The van der Waals surface area contributed by atoms with Crippen molar-refractivity contribution in [1.29, 1.82) is 0 Å². The van der Waals surface area contributed by atoms with E-state index in [0.717, 1.165) is 6.54 Å². The lowest BCUT2D eigenvalue weighted by Gasteiger charge is -2.10. The first-order chi connectivity index (χ1) is 5.79. The van der Waals surface area contributed by atoms with E-state index in [-0.39, 0.29) is 0 Å². The van der Waals surface area contributed by atoms with E-state index in [2.05, 4.69) is 37.4 Å². The summed E-state index contributed by atoms with van der Waals surface area (Å²) in [6, 6.07) is 6.57. The minimum atomic E-state index is 0.653. The molecule has 0 bridgehead atoms. The van der Waals surface area contributed by atoms with Crippen molar-refractivity contribution in [1.82, 2.24) is 0 Å². The summed E-state index contributed by atoms with van der Waals surface area (Å²) in [7, 11) is 0. The second kappa shape index (κ2) is 2.81. The monoisotopic (exact) mass is 161 g/mol. The van der Waals surface area contributed by atoms with E-state index in [9.17, 15) is 0 Å². The molecule has 0 amide bonds. The number of hydrogen-bond acceptors (Lipinski definition) is 1. The van der Waals surface area contributed by atoms with E-state index in [0.29, 0.717) is 5.92 Å². The highest BCUT2D eigenvalue weighted by Crippen LogP contribution is 2.29. The molecule has 1 aromatic rings. The molecule has 1 aromatic carbocycles. The van der Waals surface area contributed by atoms with Crippen molar-refractivity contribution in [2.45, 2.75) is 26.2 Å². The van der Waals surface area contributed by atoms with Gasteiger partial charge in [0.05, 0.1) is 0 Å². The molecule has 1 aliphatic heterocycles. The Balaban J connectivity index is 2.49. The molecule has 0 atom stereocenters. The molecule has 0 saturated carbocycles. The number of anilines is 1. The first-order valence-corrected chi connectivity index (χ1v) is 4.64. The van der Waals surface area contributed by atoms with Crippen LogP contribution in [0.5, 0.6) is 0 Å². The number of hydrogen-bond donors (Lipinski definition) is 1. The summed E-state index contributed by atoms with van der Waals surface area (Å²) in [4.78, 5) is 0. The lowest BCUT2D eigenvalue weighted by Crippen LogP contribution is -1.93. The highest BCUT2D eigenvalue weighted by atomic mass is 14.9. The van der Waals surface area contributed by atoms with Gasteiger partial charge in [-0.3, -0.25) is 0 Å². The third-order valence-corrected chi connectivity index (χ3v) is 2.52. The van der Waals surface area contributed by atoms with E-state index < -0.39 is 0 Å². The Kier molecular flexibility index (Phi) is 1.80. The smallest absolute Gasteiger partial charge is 0.0376 e. The van der Waals surface area contributed by atoms with E-state index in [1.807, 2.05) is 0 Å². The molecule has 1 N–H and O–H groups in total. The maximum Gasteiger partial charge on any atom is 0.0376 e. The molecule has 0 unspecified atom stereocenters. The van der Waals surface area contributed by atoms with Crippen molar-refractivity contribution in [2.24, 2.45) is 0 Å². The molecule has 0 saturated heterocycles. The van der Waals surface area contributed by atoms with Gasteiger partial charge in [0.25, 0.3) is 0 Å². The first-order valence-electron chi connectivity index (χ1n) is 4.64. The first kappa shape index (κ1) is 7.66. The van der Waals surface area contributed by atoms with Gasteiger partial charge in [-0.1, -0.05) is 26.0 Å². The molecule has 1 heteroatoms. The summed E-state index contributed by atoms with van der Waals surface area (Å²) >= 11 is 0. The van der Waals surface area contributed by atoms with Gasteiger partial charge in [0.2, 0.25) is 0 Å². The van der Waals surface area contributed by atoms with Crippen LogP contribution in [0.3, 0.4) is 0 Å². The highest BCUT2D eigenvalue weighted by molar-refractivity contribution is 5.59. The van der Waals surface area contributed by atoms with Gasteiger partial charge in [-0.15, -0.1) is 0 Å². The van der Waals surface area contributed by atoms with Gasteiger partial charge < -0.3 is 5.32 Å². The zero-order valence-corrected chi connectivity index (χ0v) is 7.72. The normalized spacial score (nSPS) is 14.6. The maximum atomic E-state index is 3.40. The Morgan fingerprint density at radius 1 is 1.33 bits per heavy atom. The van der Waals surface area contributed by atoms with Crippen molar-refractivity contribution in [3.05, 3.63) is 29.3 Å². The van der Waals surface area contributed by atoms with Crippen LogP contribution in [0.15, 0.2) is 18.2 Å². The van der Waals surface area contributed by atoms with Crippen LogP contribution in [0.1, 0.15) is 30.9 Å². The number of benzene rings is 1. The molecule has 1 nitrogen and oxygen atoms in total. The van der Waals surface area contributed by atoms with Gasteiger partial charge >= 0.3 is 0 Å². The molecule has 2 rings (SSSR count). The molecule has 12 heavy (non-hydrogen) atoms. The van der Waals surface area contributed by atoms with Gasteiger partial charge in [-0.2, -0.15) is 0 Å². The van der Waals surface area contributed by atoms with Crippen LogP contribution < -0.4 is 5.32 Å². The maximum absolute atomic E-state index is 3.40. The SMILES string of the molecule is CC(C)c1cccc2c1CCN2. The standard InChI is InChI=1S/C11H15N/c1-8(2)9-4-3-5-11-10(9)6-7-12-11/h3-5,8,12H,6-7H2,1-2H3. The fourth-order valence-corrected chi connectivity index (χ4v) is 1.91. The predicted octanol–water partition coefficient (Wildman–Crippen LogP) is 2.78. The molecular formula is C11H15N. The summed E-state index contributed by atoms with van der Waals surface area (Å²) in [6.45, 7) is 5.63. The second-order valence-electron chi connectivity index (χ2n) is 3.70. The molecule has 0 radical (unpaired) electrons. The lowest BCUT2D eigenvalue weighted by atomic mass is 9.96. The van der Waals surface area contributed by atoms with Crippen molar-refractivity contribution < 1.29 is 0 Å². The Morgan fingerprint density at radius 2 is 2.17 bits per heavy atom. The third-order valence-electron chi connectivity index (χ3n) is 2.52. The van der Waals surface area contributed by atoms with Gasteiger partial charge in [0.1, 0.15) is 0 Å². The summed E-state index contributed by atoms with van der Waals surface area (Å²) in [5.74, 6) is 0.653. The Bertz CT molecular complexity index is 289. The van der Waals surface area contributed by atoms with Crippen LogP contribution in [0.2, 0.25) is 0 Å². The van der Waals surface area contributed by atoms with Crippen molar-refractivity contribution in [2.75, 3.05) is 11.9 Å². The van der Waals surface area contributed by atoms with Crippen LogP contribution in [-0.2, 0) is 6.42 Å². The second-order valence-corrected chi connectivity index (χ2v) is 3.70. The number of rotatable bonds is 1. The average molecular weight is 161 g/mol. The number of fused-ring (bicyclic) bond motifs is 1. The van der Waals surface area contributed by atoms with E-state index in [1.165, 1.54) is 23.2 Å². The highest BCUT2D eigenvalue weighted by Gasteiger charge is 2.14. The van der Waals surface area contributed by atoms with Crippen LogP contribution in [0.25, 0.3) is 0 Å². The summed E-state index contributed by atoms with van der Waals surface area (Å²) in [5, 5.41) is 3.40. The quantitative estimate of drug-likeness (QED) is 0.667. The topological polar surface area (TPSA) is 12.0 Å². The van der Waals surface area contributed by atoms with Crippen LogP contribution in [0.4, 0.5) is 5.69 Å². The summed E-state index contributed by atoms with van der Waals surface area (Å²) in [6.07, 6.45) is 1.20. The molecule has 0 fully saturated rings. The summed E-state index contributed by atoms with van der Waals surface area (Å²) in [5.41, 5.74) is 4.39. The van der Waals surface area contributed by atoms with Gasteiger partial charge in [-0.05, 0) is 29.5 Å². The third kappa shape index (κ3) is 1.09. The van der Waals surface area contributed by atoms with Crippen molar-refractivity contribution >= 4 is 5.69 Å². The predicted molar refractivity (Wildman–Crippen MR) is 52.7 cm³/mol. The summed E-state index contributed by atoms with van der Waals surface area (Å²) < 4.78 is 0. The number of nitrogens with one attached hydrogen (secondary N) is 1. The van der Waals surface area contributed by atoms with E-state index >= 15 is 0 Å². The van der Waals surface area contributed by atoms with Gasteiger partial charge in [0.15, 0.2) is 0 Å². The zero-order chi connectivity index (χ0) is 8.55. The zero-order valence-electron chi connectivity index (χ0n) is 7.72.